The van der Waals surface area contributed by atoms with Gasteiger partial charge in [0.2, 0.25) is 0 Å². The molecule has 0 bridgehead atoms. The van der Waals surface area contributed by atoms with E-state index in [1.165, 1.54) is 0 Å². The van der Waals surface area contributed by atoms with Crippen LogP contribution < -0.4 is 0 Å². The van der Waals surface area contributed by atoms with Crippen molar-refractivity contribution in [3.63, 3.8) is 0 Å². The van der Waals surface area contributed by atoms with Gasteiger partial charge in [-0.1, -0.05) is 72.3 Å². The van der Waals surface area contributed by atoms with E-state index in [-0.39, 0.29) is 0 Å². The minimum atomic E-state index is 0.472. The second kappa shape index (κ2) is 6.02. The number of hydrogen-bond acceptors (Lipinski definition) is 1. The summed E-state index contributed by atoms with van der Waals surface area (Å²) in [6.45, 7) is 0. The topological polar surface area (TPSA) is 12.4 Å². The summed E-state index contributed by atoms with van der Waals surface area (Å²) in [6, 6.07) is 19.8. The first-order valence-electron chi connectivity index (χ1n) is 5.36. The smallest absolute Gasteiger partial charge is 0.129 e. The first kappa shape index (κ1) is 11.6. The Morgan fingerprint density at radius 1 is 0.824 bits per heavy atom. The fourth-order valence-electron chi connectivity index (χ4n) is 1.40. The highest BCUT2D eigenvalue weighted by Gasteiger charge is 1.90. The second-order valence-electron chi connectivity index (χ2n) is 3.55. The molecule has 84 valence electrons. The third-order valence-electron chi connectivity index (χ3n) is 2.22. The predicted octanol–water partition coefficient (Wildman–Crippen LogP) is 4.34. The SMILES string of the molecule is ClC(=C\c1ccccc1)/N=C/c1ccccc1. The third-order valence-corrected chi connectivity index (χ3v) is 2.43. The Labute approximate surface area is 106 Å². The molecular weight excluding hydrogens is 230 g/mol. The van der Waals surface area contributed by atoms with Gasteiger partial charge in [-0.2, -0.15) is 0 Å². The van der Waals surface area contributed by atoms with Crippen LogP contribution in [0.2, 0.25) is 0 Å². The molecule has 1 nitrogen and oxygen atoms in total. The molecule has 2 aromatic carbocycles. The second-order valence-corrected chi connectivity index (χ2v) is 3.93. The number of aliphatic imine (C=N–C) groups is 1. The van der Waals surface area contributed by atoms with Crippen LogP contribution in [-0.2, 0) is 0 Å². The molecule has 0 saturated heterocycles. The van der Waals surface area contributed by atoms with E-state index in [0.717, 1.165) is 11.1 Å². The largest absolute Gasteiger partial charge is 0.244 e. The van der Waals surface area contributed by atoms with Crippen molar-refractivity contribution in [1.29, 1.82) is 0 Å². The van der Waals surface area contributed by atoms with Crippen molar-refractivity contribution in [2.75, 3.05) is 0 Å². The van der Waals surface area contributed by atoms with Gasteiger partial charge in [-0.05, 0) is 17.2 Å². The maximum absolute atomic E-state index is 6.03. The normalized spacial score (nSPS) is 11.9. The zero-order valence-corrected chi connectivity index (χ0v) is 10.0. The van der Waals surface area contributed by atoms with Crippen LogP contribution in [0.4, 0.5) is 0 Å². The molecule has 0 N–H and O–H groups in total. The molecule has 2 rings (SSSR count). The highest BCUT2D eigenvalue weighted by Crippen LogP contribution is 2.11. The Hall–Kier alpha value is -1.86. The van der Waals surface area contributed by atoms with Crippen molar-refractivity contribution in [3.05, 3.63) is 76.9 Å². The lowest BCUT2D eigenvalue weighted by Gasteiger charge is -1.93. The zero-order valence-electron chi connectivity index (χ0n) is 9.25. The molecule has 0 aromatic heterocycles. The molecule has 17 heavy (non-hydrogen) atoms. The average molecular weight is 242 g/mol. The van der Waals surface area contributed by atoms with Crippen molar-refractivity contribution < 1.29 is 0 Å². The van der Waals surface area contributed by atoms with Gasteiger partial charge in [0.05, 0.1) is 0 Å². The number of benzene rings is 2. The van der Waals surface area contributed by atoms with Crippen LogP contribution in [0.3, 0.4) is 0 Å². The molecule has 2 heteroatoms. The van der Waals surface area contributed by atoms with E-state index in [0.29, 0.717) is 5.16 Å². The number of halogens is 1. The van der Waals surface area contributed by atoms with Crippen LogP contribution in [0.5, 0.6) is 0 Å². The molecule has 0 unspecified atom stereocenters. The van der Waals surface area contributed by atoms with Gasteiger partial charge in [0.1, 0.15) is 5.16 Å². The van der Waals surface area contributed by atoms with Crippen LogP contribution >= 0.6 is 11.6 Å². The molecule has 0 aliphatic rings. The molecular formula is C15H12ClN. The van der Waals surface area contributed by atoms with Gasteiger partial charge in [-0.25, -0.2) is 4.99 Å². The summed E-state index contributed by atoms with van der Waals surface area (Å²) in [6.07, 6.45) is 3.59. The molecule has 0 radical (unpaired) electrons. The highest BCUT2D eigenvalue weighted by atomic mass is 35.5. The van der Waals surface area contributed by atoms with Crippen molar-refractivity contribution >= 4 is 23.9 Å². The summed E-state index contributed by atoms with van der Waals surface area (Å²) in [5.74, 6) is 0. The molecule has 0 aliphatic heterocycles. The van der Waals surface area contributed by atoms with Gasteiger partial charge in [0, 0.05) is 6.21 Å². The minimum absolute atomic E-state index is 0.472. The van der Waals surface area contributed by atoms with Crippen molar-refractivity contribution in [3.8, 4) is 0 Å². The van der Waals surface area contributed by atoms with Crippen molar-refractivity contribution in [1.82, 2.24) is 0 Å². The molecule has 0 heterocycles. The number of rotatable bonds is 3. The zero-order chi connectivity index (χ0) is 11.9. The number of nitrogens with zero attached hydrogens (tertiary/aromatic N) is 1. The molecule has 0 spiro atoms. The summed E-state index contributed by atoms with van der Waals surface area (Å²) in [5, 5.41) is 0.472. The Balaban J connectivity index is 2.09. The van der Waals surface area contributed by atoms with Crippen LogP contribution in [-0.4, -0.2) is 6.21 Å². The standard InChI is InChI=1S/C15H12ClN/c16-15(11-13-7-3-1-4-8-13)17-12-14-9-5-2-6-10-14/h1-12H/b15-11+,17-12+. The first-order valence-corrected chi connectivity index (χ1v) is 5.74. The lowest BCUT2D eigenvalue weighted by molar-refractivity contribution is 1.53. The lowest BCUT2D eigenvalue weighted by Crippen LogP contribution is -1.79. The average Bonchev–Trinajstić information content (AvgIpc) is 2.39. The van der Waals surface area contributed by atoms with Crippen LogP contribution in [0, 0.1) is 0 Å². The molecule has 0 amide bonds. The maximum Gasteiger partial charge on any atom is 0.129 e. The van der Waals surface area contributed by atoms with Gasteiger partial charge in [0.15, 0.2) is 0 Å². The Morgan fingerprint density at radius 2 is 1.35 bits per heavy atom. The van der Waals surface area contributed by atoms with Crippen LogP contribution in [0.15, 0.2) is 70.8 Å². The number of hydrogen-bond donors (Lipinski definition) is 0. The van der Waals surface area contributed by atoms with Gasteiger partial charge in [-0.15, -0.1) is 0 Å². The fourth-order valence-corrected chi connectivity index (χ4v) is 1.57. The van der Waals surface area contributed by atoms with Crippen LogP contribution in [0.25, 0.3) is 6.08 Å². The summed E-state index contributed by atoms with van der Waals surface area (Å²) >= 11 is 6.03. The van der Waals surface area contributed by atoms with Crippen molar-refractivity contribution in [2.45, 2.75) is 0 Å². The van der Waals surface area contributed by atoms with E-state index in [4.69, 9.17) is 11.6 Å². The molecule has 0 atom stereocenters. The van der Waals surface area contributed by atoms with Gasteiger partial charge in [0.25, 0.3) is 0 Å². The van der Waals surface area contributed by atoms with Crippen LogP contribution in [0.1, 0.15) is 11.1 Å². The Bertz CT molecular complexity index is 515. The maximum atomic E-state index is 6.03. The van der Waals surface area contributed by atoms with Gasteiger partial charge >= 0.3 is 0 Å². The molecule has 2 aromatic rings. The summed E-state index contributed by atoms with van der Waals surface area (Å²) in [4.78, 5) is 4.19. The third kappa shape index (κ3) is 3.89. The van der Waals surface area contributed by atoms with E-state index < -0.39 is 0 Å². The van der Waals surface area contributed by atoms with Crippen molar-refractivity contribution in [2.24, 2.45) is 4.99 Å². The van der Waals surface area contributed by atoms with E-state index in [9.17, 15) is 0 Å². The predicted molar refractivity (Wildman–Crippen MR) is 74.3 cm³/mol. The summed E-state index contributed by atoms with van der Waals surface area (Å²) < 4.78 is 0. The molecule has 0 fully saturated rings. The van der Waals surface area contributed by atoms with E-state index in [1.807, 2.05) is 66.7 Å². The summed E-state index contributed by atoms with van der Waals surface area (Å²) in [5.41, 5.74) is 2.08. The van der Waals surface area contributed by atoms with E-state index in [2.05, 4.69) is 4.99 Å². The first-order chi connectivity index (χ1) is 8.34. The Kier molecular flexibility index (Phi) is 4.11. The van der Waals surface area contributed by atoms with E-state index >= 15 is 0 Å². The Morgan fingerprint density at radius 3 is 1.94 bits per heavy atom. The monoisotopic (exact) mass is 241 g/mol. The molecule has 0 saturated carbocycles. The summed E-state index contributed by atoms with van der Waals surface area (Å²) in [7, 11) is 0. The van der Waals surface area contributed by atoms with Gasteiger partial charge < -0.3 is 0 Å². The molecule has 0 aliphatic carbocycles. The van der Waals surface area contributed by atoms with Gasteiger partial charge in [-0.3, -0.25) is 0 Å². The quantitative estimate of drug-likeness (QED) is 0.560. The minimum Gasteiger partial charge on any atom is -0.244 e. The highest BCUT2D eigenvalue weighted by molar-refractivity contribution is 6.31. The lowest BCUT2D eigenvalue weighted by atomic mass is 10.2. The fraction of sp³-hybridized carbons (Fsp3) is 0. The van der Waals surface area contributed by atoms with E-state index in [1.54, 1.807) is 6.21 Å².